The Balaban J connectivity index is 2.82. The summed E-state index contributed by atoms with van der Waals surface area (Å²) in [5.74, 6) is -0.600. The molecule has 2 N–H and O–H groups in total. The number of halogens is 4. The van der Waals surface area contributed by atoms with Gasteiger partial charge in [0, 0.05) is 12.6 Å². The summed E-state index contributed by atoms with van der Waals surface area (Å²) in [6.45, 7) is 3.71. The van der Waals surface area contributed by atoms with Crippen molar-refractivity contribution >= 4 is 0 Å². The highest BCUT2D eigenvalue weighted by molar-refractivity contribution is 5.30. The Kier molecular flexibility index (Phi) is 5.95. The van der Waals surface area contributed by atoms with E-state index in [9.17, 15) is 22.7 Å². The van der Waals surface area contributed by atoms with E-state index in [-0.39, 0.29) is 24.8 Å². The average molecular weight is 293 g/mol. The summed E-state index contributed by atoms with van der Waals surface area (Å²) >= 11 is 0. The summed E-state index contributed by atoms with van der Waals surface area (Å²) in [6, 6.07) is 2.34. The van der Waals surface area contributed by atoms with Gasteiger partial charge < -0.3 is 10.4 Å². The molecule has 0 heterocycles. The minimum Gasteiger partial charge on any atom is -0.395 e. The van der Waals surface area contributed by atoms with Crippen LogP contribution < -0.4 is 5.32 Å². The number of aliphatic hydroxyl groups excluding tert-OH is 1. The van der Waals surface area contributed by atoms with Crippen molar-refractivity contribution < 1.29 is 22.7 Å². The molecule has 0 radical (unpaired) electrons. The molecule has 0 bridgehead atoms. The quantitative estimate of drug-likeness (QED) is 0.788. The lowest BCUT2D eigenvalue weighted by Gasteiger charge is -2.20. The van der Waals surface area contributed by atoms with Crippen LogP contribution in [0.5, 0.6) is 0 Å². The van der Waals surface area contributed by atoms with Gasteiger partial charge in [0.05, 0.1) is 12.2 Å². The molecule has 1 rings (SSSR count). The summed E-state index contributed by atoms with van der Waals surface area (Å²) in [7, 11) is 0. The monoisotopic (exact) mass is 293 g/mol. The van der Waals surface area contributed by atoms with Crippen LogP contribution in [0.1, 0.15) is 31.4 Å². The van der Waals surface area contributed by atoms with Crippen LogP contribution in [0, 0.1) is 11.7 Å². The van der Waals surface area contributed by atoms with Gasteiger partial charge in [-0.25, -0.2) is 4.39 Å². The summed E-state index contributed by atoms with van der Waals surface area (Å²) in [5, 5.41) is 12.1. The lowest BCUT2D eigenvalue weighted by molar-refractivity contribution is -0.138. The first-order chi connectivity index (χ1) is 9.24. The molecule has 0 saturated carbocycles. The minimum absolute atomic E-state index is 0.0268. The summed E-state index contributed by atoms with van der Waals surface area (Å²) in [6.07, 6.45) is -3.94. The van der Waals surface area contributed by atoms with Crippen molar-refractivity contribution in [3.63, 3.8) is 0 Å². The fourth-order valence-corrected chi connectivity index (χ4v) is 2.01. The highest BCUT2D eigenvalue weighted by atomic mass is 19.4. The molecule has 0 aliphatic carbocycles. The molecule has 0 spiro atoms. The SMILES string of the molecule is CC(C)CC(CO)NCc1ccc(F)cc1C(F)(F)F. The van der Waals surface area contributed by atoms with E-state index in [2.05, 4.69) is 5.32 Å². The number of hydrogen-bond acceptors (Lipinski definition) is 2. The van der Waals surface area contributed by atoms with Gasteiger partial charge in [0.2, 0.25) is 0 Å². The van der Waals surface area contributed by atoms with Crippen molar-refractivity contribution in [1.29, 1.82) is 0 Å². The molecule has 0 aliphatic rings. The Bertz CT molecular complexity index is 432. The van der Waals surface area contributed by atoms with E-state index in [0.29, 0.717) is 18.4 Å². The van der Waals surface area contributed by atoms with Crippen molar-refractivity contribution in [2.24, 2.45) is 5.92 Å². The third-order valence-corrected chi connectivity index (χ3v) is 2.93. The van der Waals surface area contributed by atoms with Crippen LogP contribution in [0.4, 0.5) is 17.6 Å². The van der Waals surface area contributed by atoms with Gasteiger partial charge in [-0.3, -0.25) is 0 Å². The zero-order chi connectivity index (χ0) is 15.3. The topological polar surface area (TPSA) is 32.3 Å². The van der Waals surface area contributed by atoms with Crippen LogP contribution in [-0.2, 0) is 12.7 Å². The van der Waals surface area contributed by atoms with Gasteiger partial charge in [-0.15, -0.1) is 0 Å². The molecular formula is C14H19F4NO. The van der Waals surface area contributed by atoms with E-state index < -0.39 is 17.6 Å². The summed E-state index contributed by atoms with van der Waals surface area (Å²) in [5.41, 5.74) is -1.01. The highest BCUT2D eigenvalue weighted by Gasteiger charge is 2.33. The molecule has 0 fully saturated rings. The molecule has 0 aromatic heterocycles. The van der Waals surface area contributed by atoms with Crippen molar-refractivity contribution in [3.05, 3.63) is 35.1 Å². The first-order valence-corrected chi connectivity index (χ1v) is 6.44. The van der Waals surface area contributed by atoms with E-state index in [0.717, 1.165) is 12.1 Å². The third kappa shape index (κ3) is 5.09. The second kappa shape index (κ2) is 7.04. The Morgan fingerprint density at radius 3 is 2.40 bits per heavy atom. The van der Waals surface area contributed by atoms with Gasteiger partial charge >= 0.3 is 6.18 Å². The summed E-state index contributed by atoms with van der Waals surface area (Å²) < 4.78 is 51.4. The second-order valence-electron chi connectivity index (χ2n) is 5.19. The van der Waals surface area contributed by atoms with Crippen molar-refractivity contribution in [3.8, 4) is 0 Å². The van der Waals surface area contributed by atoms with Crippen molar-refractivity contribution in [1.82, 2.24) is 5.32 Å². The van der Waals surface area contributed by atoms with Crippen molar-refractivity contribution in [2.75, 3.05) is 6.61 Å². The third-order valence-electron chi connectivity index (χ3n) is 2.93. The Hall–Kier alpha value is -1.14. The maximum Gasteiger partial charge on any atom is 0.416 e. The molecule has 2 nitrogen and oxygen atoms in total. The molecular weight excluding hydrogens is 274 g/mol. The number of aliphatic hydroxyl groups is 1. The molecule has 114 valence electrons. The first-order valence-electron chi connectivity index (χ1n) is 6.44. The Morgan fingerprint density at radius 1 is 1.25 bits per heavy atom. The molecule has 1 aromatic carbocycles. The van der Waals surface area contributed by atoms with Gasteiger partial charge in [-0.05, 0) is 30.0 Å². The summed E-state index contributed by atoms with van der Waals surface area (Å²) in [4.78, 5) is 0. The fraction of sp³-hybridized carbons (Fsp3) is 0.571. The van der Waals surface area contributed by atoms with Gasteiger partial charge in [0.1, 0.15) is 5.82 Å². The Labute approximate surface area is 115 Å². The van der Waals surface area contributed by atoms with Crippen LogP contribution in [0.2, 0.25) is 0 Å². The largest absolute Gasteiger partial charge is 0.416 e. The lowest BCUT2D eigenvalue weighted by atomic mass is 10.0. The van der Waals surface area contributed by atoms with E-state index in [1.54, 1.807) is 0 Å². The van der Waals surface area contributed by atoms with Gasteiger partial charge in [0.25, 0.3) is 0 Å². The average Bonchev–Trinajstić information content (AvgIpc) is 2.34. The highest BCUT2D eigenvalue weighted by Crippen LogP contribution is 2.32. The van der Waals surface area contributed by atoms with Crippen molar-refractivity contribution in [2.45, 2.75) is 39.0 Å². The molecule has 20 heavy (non-hydrogen) atoms. The molecule has 0 saturated heterocycles. The molecule has 0 amide bonds. The first kappa shape index (κ1) is 16.9. The zero-order valence-electron chi connectivity index (χ0n) is 11.5. The lowest BCUT2D eigenvalue weighted by Crippen LogP contribution is -2.33. The zero-order valence-corrected chi connectivity index (χ0v) is 11.5. The maximum atomic E-state index is 13.0. The van der Waals surface area contributed by atoms with Crippen LogP contribution in [-0.4, -0.2) is 17.8 Å². The van der Waals surface area contributed by atoms with E-state index in [1.165, 1.54) is 0 Å². The molecule has 1 atom stereocenters. The normalized spacial score (nSPS) is 13.8. The minimum atomic E-state index is -4.59. The predicted octanol–water partition coefficient (Wildman–Crippen LogP) is 3.34. The molecule has 6 heteroatoms. The van der Waals surface area contributed by atoms with Gasteiger partial charge in [-0.2, -0.15) is 13.2 Å². The van der Waals surface area contributed by atoms with E-state index >= 15 is 0 Å². The van der Waals surface area contributed by atoms with E-state index in [1.807, 2.05) is 13.8 Å². The van der Waals surface area contributed by atoms with Crippen LogP contribution >= 0.6 is 0 Å². The number of hydrogen-bond donors (Lipinski definition) is 2. The molecule has 0 aliphatic heterocycles. The number of rotatable bonds is 6. The van der Waals surface area contributed by atoms with E-state index in [4.69, 9.17) is 0 Å². The number of benzene rings is 1. The molecule has 1 aromatic rings. The Morgan fingerprint density at radius 2 is 1.90 bits per heavy atom. The maximum absolute atomic E-state index is 13.0. The number of nitrogens with one attached hydrogen (secondary N) is 1. The van der Waals surface area contributed by atoms with Crippen LogP contribution in [0.15, 0.2) is 18.2 Å². The smallest absolute Gasteiger partial charge is 0.395 e. The van der Waals surface area contributed by atoms with Crippen LogP contribution in [0.25, 0.3) is 0 Å². The second-order valence-corrected chi connectivity index (χ2v) is 5.19. The van der Waals surface area contributed by atoms with Gasteiger partial charge in [-0.1, -0.05) is 19.9 Å². The predicted molar refractivity (Wildman–Crippen MR) is 68.6 cm³/mol. The fourth-order valence-electron chi connectivity index (χ4n) is 2.01. The standard InChI is InChI=1S/C14H19F4NO/c1-9(2)5-12(8-20)19-7-10-3-4-11(15)6-13(10)14(16,17)18/h3-4,6,9,12,19-20H,5,7-8H2,1-2H3. The van der Waals surface area contributed by atoms with Crippen LogP contribution in [0.3, 0.4) is 0 Å². The number of alkyl halides is 3. The molecule has 1 unspecified atom stereocenters. The van der Waals surface area contributed by atoms with Gasteiger partial charge in [0.15, 0.2) is 0 Å².